The minimum Gasteiger partial charge on any atom is -0.339 e. The maximum Gasteiger partial charge on any atom is 0.417 e. The normalized spacial score (nSPS) is 21.3. The number of benzene rings is 2. The second kappa shape index (κ2) is 5.90. The number of hydrogen-bond donors (Lipinski definition) is 0. The van der Waals surface area contributed by atoms with Crippen LogP contribution < -0.4 is 0 Å². The Morgan fingerprint density at radius 1 is 1.00 bits per heavy atom. The average molecular weight is 376 g/mol. The van der Waals surface area contributed by atoms with Gasteiger partial charge in [0.25, 0.3) is 0 Å². The van der Waals surface area contributed by atoms with Crippen molar-refractivity contribution in [2.75, 3.05) is 0 Å². The van der Waals surface area contributed by atoms with Crippen molar-refractivity contribution >= 4 is 0 Å². The van der Waals surface area contributed by atoms with E-state index in [1.165, 1.54) is 0 Å². The van der Waals surface area contributed by atoms with Crippen molar-refractivity contribution in [2.24, 2.45) is 5.41 Å². The van der Waals surface area contributed by atoms with Gasteiger partial charge in [-0.3, -0.25) is 0 Å². The molecular weight excluding hydrogens is 360 g/mol. The van der Waals surface area contributed by atoms with E-state index in [0.29, 0.717) is 12.0 Å². The number of nitrogens with zero attached hydrogens (tertiary/aromatic N) is 2. The first kappa shape index (κ1) is 17.7. The molecule has 0 saturated heterocycles. The minimum atomic E-state index is -4.72. The van der Waals surface area contributed by atoms with Gasteiger partial charge >= 0.3 is 6.18 Å². The molecule has 0 amide bonds. The molecular formula is C20H16F4N2O. The zero-order valence-corrected chi connectivity index (χ0v) is 14.6. The number of hydrogen-bond acceptors (Lipinski definition) is 3. The molecule has 0 radical (unpaired) electrons. The highest BCUT2D eigenvalue weighted by Gasteiger charge is 2.62. The summed E-state index contributed by atoms with van der Waals surface area (Å²) in [6, 6.07) is 12.2. The second-order valence-corrected chi connectivity index (χ2v) is 7.33. The number of rotatable bonds is 3. The smallest absolute Gasteiger partial charge is 0.339 e. The van der Waals surface area contributed by atoms with Gasteiger partial charge in [-0.15, -0.1) is 0 Å². The summed E-state index contributed by atoms with van der Waals surface area (Å²) in [5.41, 5.74) is -0.455. The van der Waals surface area contributed by atoms with Crippen molar-refractivity contribution in [3.8, 4) is 11.4 Å². The first-order valence-corrected chi connectivity index (χ1v) is 8.45. The zero-order chi connectivity index (χ0) is 19.4. The molecule has 1 aromatic heterocycles. The van der Waals surface area contributed by atoms with E-state index in [2.05, 4.69) is 24.0 Å². The van der Waals surface area contributed by atoms with Gasteiger partial charge in [0.2, 0.25) is 11.7 Å². The summed E-state index contributed by atoms with van der Waals surface area (Å²) in [6.45, 7) is 4.11. The SMILES string of the molecule is CC1(C)[C@@H](c2ccccc2)[C@@H]1c1nc(-c2ccc(F)cc2C(F)(F)F)no1. The third-order valence-electron chi connectivity index (χ3n) is 5.22. The van der Waals surface area contributed by atoms with Crippen LogP contribution in [-0.4, -0.2) is 10.1 Å². The molecule has 0 aliphatic heterocycles. The third-order valence-corrected chi connectivity index (χ3v) is 5.22. The summed E-state index contributed by atoms with van der Waals surface area (Å²) in [6.07, 6.45) is -4.72. The Labute approximate surface area is 153 Å². The first-order chi connectivity index (χ1) is 12.7. The van der Waals surface area contributed by atoms with Crippen molar-refractivity contribution in [3.05, 3.63) is 71.4 Å². The molecule has 0 N–H and O–H groups in total. The summed E-state index contributed by atoms with van der Waals surface area (Å²) in [5.74, 6) is -0.811. The number of aromatic nitrogens is 2. The maximum absolute atomic E-state index is 13.3. The lowest BCUT2D eigenvalue weighted by Gasteiger charge is -2.10. The lowest BCUT2D eigenvalue weighted by Crippen LogP contribution is -2.08. The molecule has 1 saturated carbocycles. The molecule has 3 nitrogen and oxygen atoms in total. The van der Waals surface area contributed by atoms with Crippen LogP contribution in [0.2, 0.25) is 0 Å². The van der Waals surface area contributed by atoms with E-state index in [4.69, 9.17) is 4.52 Å². The topological polar surface area (TPSA) is 38.9 Å². The van der Waals surface area contributed by atoms with Gasteiger partial charge in [-0.2, -0.15) is 18.2 Å². The Hall–Kier alpha value is -2.70. The predicted molar refractivity (Wildman–Crippen MR) is 90.4 cm³/mol. The monoisotopic (exact) mass is 376 g/mol. The van der Waals surface area contributed by atoms with Crippen LogP contribution in [0.25, 0.3) is 11.4 Å². The summed E-state index contributed by atoms with van der Waals surface area (Å²) in [5, 5.41) is 3.74. The molecule has 1 heterocycles. The van der Waals surface area contributed by atoms with Crippen molar-refractivity contribution in [1.82, 2.24) is 10.1 Å². The zero-order valence-electron chi connectivity index (χ0n) is 14.6. The molecule has 0 unspecified atom stereocenters. The standard InChI is InChI=1S/C20H16F4N2O/c1-19(2)15(11-6-4-3-5-7-11)16(19)18-25-17(26-27-18)13-9-8-12(21)10-14(13)20(22,23)24/h3-10,15-16H,1-2H3/t15-,16+/m0/s1. The van der Waals surface area contributed by atoms with Crippen molar-refractivity contribution in [2.45, 2.75) is 31.9 Å². The van der Waals surface area contributed by atoms with Crippen molar-refractivity contribution < 1.29 is 22.1 Å². The highest BCUT2D eigenvalue weighted by Crippen LogP contribution is 2.69. The van der Waals surface area contributed by atoms with Crippen LogP contribution >= 0.6 is 0 Å². The molecule has 27 heavy (non-hydrogen) atoms. The predicted octanol–water partition coefficient (Wildman–Crippen LogP) is 5.80. The van der Waals surface area contributed by atoms with E-state index in [9.17, 15) is 17.6 Å². The lowest BCUT2D eigenvalue weighted by atomic mass is 10.0. The van der Waals surface area contributed by atoms with E-state index < -0.39 is 17.6 Å². The maximum atomic E-state index is 13.3. The quantitative estimate of drug-likeness (QED) is 0.542. The van der Waals surface area contributed by atoms with E-state index >= 15 is 0 Å². The molecule has 140 valence electrons. The van der Waals surface area contributed by atoms with Crippen LogP contribution in [0.3, 0.4) is 0 Å². The van der Waals surface area contributed by atoms with Crippen LogP contribution in [-0.2, 0) is 6.18 Å². The van der Waals surface area contributed by atoms with Gasteiger partial charge in [0.05, 0.1) is 11.5 Å². The van der Waals surface area contributed by atoms with Gasteiger partial charge in [-0.25, -0.2) is 4.39 Å². The Bertz CT molecular complexity index is 979. The van der Waals surface area contributed by atoms with Gasteiger partial charge in [0, 0.05) is 11.5 Å². The fraction of sp³-hybridized carbons (Fsp3) is 0.300. The van der Waals surface area contributed by atoms with Crippen LogP contribution in [0.1, 0.15) is 42.7 Å². The molecule has 7 heteroatoms. The van der Waals surface area contributed by atoms with Crippen LogP contribution in [0.15, 0.2) is 53.1 Å². The largest absolute Gasteiger partial charge is 0.417 e. The van der Waals surface area contributed by atoms with Gasteiger partial charge in [-0.1, -0.05) is 49.3 Å². The van der Waals surface area contributed by atoms with E-state index in [-0.39, 0.29) is 28.6 Å². The van der Waals surface area contributed by atoms with Gasteiger partial charge in [-0.05, 0) is 29.2 Å². The molecule has 2 aromatic carbocycles. The molecule has 1 fully saturated rings. The highest BCUT2D eigenvalue weighted by atomic mass is 19.4. The second-order valence-electron chi connectivity index (χ2n) is 7.33. The molecule has 1 aliphatic carbocycles. The summed E-state index contributed by atoms with van der Waals surface area (Å²) >= 11 is 0. The van der Waals surface area contributed by atoms with E-state index in [1.807, 2.05) is 30.3 Å². The van der Waals surface area contributed by atoms with E-state index in [0.717, 1.165) is 17.7 Å². The van der Waals surface area contributed by atoms with Crippen LogP contribution in [0, 0.1) is 11.2 Å². The van der Waals surface area contributed by atoms with E-state index in [1.54, 1.807) is 0 Å². The van der Waals surface area contributed by atoms with Gasteiger partial charge in [0.1, 0.15) is 5.82 Å². The van der Waals surface area contributed by atoms with Crippen molar-refractivity contribution in [1.29, 1.82) is 0 Å². The molecule has 0 spiro atoms. The minimum absolute atomic E-state index is 0.0871. The molecule has 3 aromatic rings. The highest BCUT2D eigenvalue weighted by molar-refractivity contribution is 5.61. The third kappa shape index (κ3) is 3.01. The fourth-order valence-corrected chi connectivity index (χ4v) is 3.80. The average Bonchev–Trinajstić information content (AvgIpc) is 2.95. The Balaban J connectivity index is 1.70. The first-order valence-electron chi connectivity index (χ1n) is 8.45. The van der Waals surface area contributed by atoms with Crippen LogP contribution in [0.4, 0.5) is 17.6 Å². The summed E-state index contributed by atoms with van der Waals surface area (Å²) < 4.78 is 58.4. The summed E-state index contributed by atoms with van der Waals surface area (Å²) in [4.78, 5) is 4.22. The lowest BCUT2D eigenvalue weighted by molar-refractivity contribution is -0.137. The Morgan fingerprint density at radius 2 is 1.70 bits per heavy atom. The Morgan fingerprint density at radius 3 is 2.37 bits per heavy atom. The molecule has 0 bridgehead atoms. The van der Waals surface area contributed by atoms with Crippen molar-refractivity contribution in [3.63, 3.8) is 0 Å². The summed E-state index contributed by atoms with van der Waals surface area (Å²) in [7, 11) is 0. The fourth-order valence-electron chi connectivity index (χ4n) is 3.80. The van der Waals surface area contributed by atoms with Gasteiger partial charge < -0.3 is 4.52 Å². The molecule has 1 aliphatic rings. The number of halogens is 4. The van der Waals surface area contributed by atoms with Gasteiger partial charge in [0.15, 0.2) is 0 Å². The Kier molecular flexibility index (Phi) is 3.87. The number of alkyl halides is 3. The molecule has 2 atom stereocenters. The van der Waals surface area contributed by atoms with Crippen LogP contribution in [0.5, 0.6) is 0 Å². The molecule has 4 rings (SSSR count).